The van der Waals surface area contributed by atoms with Gasteiger partial charge < -0.3 is 9.88 Å². The maximum atomic E-state index is 13.3. The molecule has 0 radical (unpaired) electrons. The van der Waals surface area contributed by atoms with E-state index in [9.17, 15) is 13.6 Å². The number of benzene rings is 2. The van der Waals surface area contributed by atoms with Crippen molar-refractivity contribution in [3.8, 4) is 5.69 Å². The first-order valence-electron chi connectivity index (χ1n) is 8.06. The third-order valence-electron chi connectivity index (χ3n) is 4.61. The molecule has 0 unspecified atom stereocenters. The largest absolute Gasteiger partial charge is 0.371 e. The van der Waals surface area contributed by atoms with Gasteiger partial charge in [-0.05, 0) is 42.5 Å². The number of alkyl halides is 2. The summed E-state index contributed by atoms with van der Waals surface area (Å²) in [6.45, 7) is 0.657. The van der Waals surface area contributed by atoms with Crippen molar-refractivity contribution in [2.24, 2.45) is 0 Å². The highest BCUT2D eigenvalue weighted by molar-refractivity contribution is 6.31. The number of nitrogens with zero attached hydrogens (tertiary/aromatic N) is 2. The van der Waals surface area contributed by atoms with Crippen LogP contribution in [0.3, 0.4) is 0 Å². The van der Waals surface area contributed by atoms with Gasteiger partial charge in [0.2, 0.25) is 0 Å². The van der Waals surface area contributed by atoms with Crippen molar-refractivity contribution in [3.63, 3.8) is 0 Å². The SMILES string of the molecule is O=c1[nH]c2ccc(Cl)cc2n1-c1ccc(N2CCC(F)(F)CC2)cc1. The number of rotatable bonds is 2. The highest BCUT2D eigenvalue weighted by Gasteiger charge is 2.33. The number of piperidine rings is 1. The van der Waals surface area contributed by atoms with Crippen molar-refractivity contribution in [1.82, 2.24) is 9.55 Å². The van der Waals surface area contributed by atoms with Gasteiger partial charge in [0, 0.05) is 36.6 Å². The first-order valence-corrected chi connectivity index (χ1v) is 8.44. The number of imidazole rings is 1. The number of nitrogens with one attached hydrogen (secondary N) is 1. The van der Waals surface area contributed by atoms with Crippen molar-refractivity contribution in [1.29, 1.82) is 0 Å². The van der Waals surface area contributed by atoms with E-state index >= 15 is 0 Å². The predicted octanol–water partition coefficient (Wildman–Crippen LogP) is 4.21. The molecule has 4 nitrogen and oxygen atoms in total. The summed E-state index contributed by atoms with van der Waals surface area (Å²) >= 11 is 6.04. The van der Waals surface area contributed by atoms with E-state index in [0.717, 1.165) is 5.69 Å². The Kier molecular flexibility index (Phi) is 3.80. The van der Waals surface area contributed by atoms with Crippen LogP contribution in [0.15, 0.2) is 47.3 Å². The monoisotopic (exact) mass is 363 g/mol. The van der Waals surface area contributed by atoms with E-state index in [2.05, 4.69) is 4.98 Å². The van der Waals surface area contributed by atoms with Gasteiger partial charge in [-0.3, -0.25) is 4.57 Å². The van der Waals surface area contributed by atoms with Crippen molar-refractivity contribution in [2.45, 2.75) is 18.8 Å². The number of hydrogen-bond donors (Lipinski definition) is 1. The first-order chi connectivity index (χ1) is 11.9. The molecule has 2 aromatic carbocycles. The van der Waals surface area contributed by atoms with Crippen molar-refractivity contribution in [3.05, 3.63) is 58.0 Å². The van der Waals surface area contributed by atoms with Gasteiger partial charge in [-0.2, -0.15) is 0 Å². The van der Waals surface area contributed by atoms with E-state index in [-0.39, 0.29) is 18.5 Å². The zero-order chi connectivity index (χ0) is 17.6. The molecule has 0 amide bonds. The van der Waals surface area contributed by atoms with E-state index in [4.69, 9.17) is 11.6 Å². The average molecular weight is 364 g/mol. The second-order valence-corrected chi connectivity index (χ2v) is 6.72. The lowest BCUT2D eigenvalue weighted by Crippen LogP contribution is -2.39. The Balaban J connectivity index is 1.66. The maximum absolute atomic E-state index is 13.3. The standard InChI is InChI=1S/C18H16ClF2N3O/c19-12-1-6-15-16(11-12)24(17(25)22-15)14-4-2-13(3-5-14)23-9-7-18(20,21)8-10-23/h1-6,11H,7-10H2,(H,22,25). The van der Waals surface area contributed by atoms with Crippen LogP contribution >= 0.6 is 11.6 Å². The third-order valence-corrected chi connectivity index (χ3v) is 4.85. The van der Waals surface area contributed by atoms with Crippen LogP contribution in [0.1, 0.15) is 12.8 Å². The van der Waals surface area contributed by atoms with Crippen LogP contribution in [-0.2, 0) is 0 Å². The molecule has 0 atom stereocenters. The molecular weight excluding hydrogens is 348 g/mol. The van der Waals surface area contributed by atoms with Crippen LogP contribution in [0.25, 0.3) is 16.7 Å². The van der Waals surface area contributed by atoms with E-state index in [0.29, 0.717) is 34.8 Å². The molecule has 1 aromatic heterocycles. The highest BCUT2D eigenvalue weighted by Crippen LogP contribution is 2.31. The normalized spacial score (nSPS) is 17.2. The van der Waals surface area contributed by atoms with Gasteiger partial charge in [0.05, 0.1) is 16.7 Å². The van der Waals surface area contributed by atoms with E-state index in [1.807, 2.05) is 29.2 Å². The van der Waals surface area contributed by atoms with Crippen molar-refractivity contribution < 1.29 is 8.78 Å². The molecule has 25 heavy (non-hydrogen) atoms. The summed E-state index contributed by atoms with van der Waals surface area (Å²) in [4.78, 5) is 17.0. The van der Waals surface area contributed by atoms with E-state index in [1.165, 1.54) is 0 Å². The number of aromatic nitrogens is 2. The minimum Gasteiger partial charge on any atom is -0.371 e. The number of anilines is 1. The topological polar surface area (TPSA) is 41.0 Å². The quantitative estimate of drug-likeness (QED) is 0.741. The molecule has 1 aliphatic rings. The molecule has 130 valence electrons. The summed E-state index contributed by atoms with van der Waals surface area (Å²) in [7, 11) is 0. The van der Waals surface area contributed by atoms with E-state index < -0.39 is 5.92 Å². The van der Waals surface area contributed by atoms with Gasteiger partial charge >= 0.3 is 5.69 Å². The number of fused-ring (bicyclic) bond motifs is 1. The van der Waals surface area contributed by atoms with Gasteiger partial charge in [-0.15, -0.1) is 0 Å². The highest BCUT2D eigenvalue weighted by atomic mass is 35.5. The Labute approximate surface area is 147 Å². The van der Waals surface area contributed by atoms with Crippen molar-refractivity contribution >= 4 is 28.3 Å². The van der Waals surface area contributed by atoms with Crippen LogP contribution in [0, 0.1) is 0 Å². The maximum Gasteiger partial charge on any atom is 0.331 e. The number of H-pyrrole nitrogens is 1. The zero-order valence-corrected chi connectivity index (χ0v) is 14.1. The molecule has 1 fully saturated rings. The Morgan fingerprint density at radius 2 is 1.64 bits per heavy atom. The average Bonchev–Trinajstić information content (AvgIpc) is 2.90. The molecular formula is C18H16ClF2N3O. The molecule has 3 aromatic rings. The lowest BCUT2D eigenvalue weighted by Gasteiger charge is -2.33. The smallest absolute Gasteiger partial charge is 0.331 e. The number of aromatic amines is 1. The Morgan fingerprint density at radius 3 is 2.32 bits per heavy atom. The lowest BCUT2D eigenvalue weighted by molar-refractivity contribution is -0.0220. The minimum absolute atomic E-state index is 0.130. The second-order valence-electron chi connectivity index (χ2n) is 6.29. The summed E-state index contributed by atoms with van der Waals surface area (Å²) in [5.41, 5.74) is 2.73. The van der Waals surface area contributed by atoms with Gasteiger partial charge in [0.15, 0.2) is 0 Å². The van der Waals surface area contributed by atoms with E-state index in [1.54, 1.807) is 22.8 Å². The summed E-state index contributed by atoms with van der Waals surface area (Å²) in [6, 6.07) is 12.6. The summed E-state index contributed by atoms with van der Waals surface area (Å²) in [5, 5.41) is 0.547. The fourth-order valence-corrected chi connectivity index (χ4v) is 3.40. The fraction of sp³-hybridized carbons (Fsp3) is 0.278. The van der Waals surface area contributed by atoms with Crippen molar-refractivity contribution in [2.75, 3.05) is 18.0 Å². The second kappa shape index (κ2) is 5.88. The van der Waals surface area contributed by atoms with Gasteiger partial charge in [0.25, 0.3) is 5.92 Å². The minimum atomic E-state index is -2.56. The fourth-order valence-electron chi connectivity index (χ4n) is 3.24. The van der Waals surface area contributed by atoms with Gasteiger partial charge in [-0.1, -0.05) is 11.6 Å². The molecule has 0 spiro atoms. The predicted molar refractivity (Wildman–Crippen MR) is 95.3 cm³/mol. The van der Waals surface area contributed by atoms with Crippen LogP contribution in [-0.4, -0.2) is 28.6 Å². The molecule has 0 bridgehead atoms. The summed E-state index contributed by atoms with van der Waals surface area (Å²) in [5.74, 6) is -2.56. The zero-order valence-electron chi connectivity index (χ0n) is 13.3. The summed E-state index contributed by atoms with van der Waals surface area (Å²) in [6.07, 6.45) is -0.260. The third kappa shape index (κ3) is 3.02. The van der Waals surface area contributed by atoms with Gasteiger partial charge in [0.1, 0.15) is 0 Å². The summed E-state index contributed by atoms with van der Waals surface area (Å²) < 4.78 is 28.1. The lowest BCUT2D eigenvalue weighted by atomic mass is 10.1. The molecule has 7 heteroatoms. The molecule has 1 saturated heterocycles. The molecule has 0 aliphatic carbocycles. The Hall–Kier alpha value is -2.34. The van der Waals surface area contributed by atoms with Gasteiger partial charge in [-0.25, -0.2) is 13.6 Å². The Morgan fingerprint density at radius 1 is 1.00 bits per heavy atom. The molecule has 4 rings (SSSR count). The number of hydrogen-bond acceptors (Lipinski definition) is 2. The van der Waals surface area contributed by atoms with Crippen LogP contribution in [0.5, 0.6) is 0 Å². The van der Waals surface area contributed by atoms with Crippen LogP contribution < -0.4 is 10.6 Å². The molecule has 1 aliphatic heterocycles. The molecule has 0 saturated carbocycles. The van der Waals surface area contributed by atoms with Crippen LogP contribution in [0.2, 0.25) is 5.02 Å². The first kappa shape index (κ1) is 16.1. The number of halogens is 3. The molecule has 1 N–H and O–H groups in total. The Bertz CT molecular complexity index is 968. The van der Waals surface area contributed by atoms with Crippen LogP contribution in [0.4, 0.5) is 14.5 Å². The molecule has 2 heterocycles.